The second-order valence-electron chi connectivity index (χ2n) is 7.36. The average molecular weight is 324 g/mol. The van der Waals surface area contributed by atoms with Crippen LogP contribution in [0.25, 0.3) is 10.9 Å². The van der Waals surface area contributed by atoms with Crippen LogP contribution < -0.4 is 0 Å². The summed E-state index contributed by atoms with van der Waals surface area (Å²) in [5.41, 5.74) is 1.56. The van der Waals surface area contributed by atoms with Gasteiger partial charge in [0.05, 0.1) is 12.1 Å². The number of carbonyl (C=O) groups is 2. The summed E-state index contributed by atoms with van der Waals surface area (Å²) in [7, 11) is 0. The van der Waals surface area contributed by atoms with Gasteiger partial charge in [0.15, 0.2) is 0 Å². The zero-order valence-corrected chi connectivity index (χ0v) is 13.4. The summed E-state index contributed by atoms with van der Waals surface area (Å²) in [6.07, 6.45) is 5.29. The molecule has 0 saturated carbocycles. The highest BCUT2D eigenvalue weighted by Gasteiger charge is 2.49. The standard InChI is InChI=1S/C19H20N2O3/c22-18-10-21-12-5-11(18)6-13(21)8-14(7-12)24-19(23)16-9-20-17-4-2-1-3-15(16)17/h1-4,9,11-14,20H,5-8,10H2/t11-,12+,13?,14?/m0/s1. The first kappa shape index (κ1) is 14.2. The Morgan fingerprint density at radius 3 is 2.62 bits per heavy atom. The van der Waals surface area contributed by atoms with E-state index in [2.05, 4.69) is 9.88 Å². The Labute approximate surface area is 140 Å². The quantitative estimate of drug-likeness (QED) is 0.862. The van der Waals surface area contributed by atoms with Gasteiger partial charge in [-0.1, -0.05) is 18.2 Å². The maximum Gasteiger partial charge on any atom is 0.340 e. The predicted octanol–water partition coefficient (Wildman–Crippen LogP) is 2.52. The molecule has 1 aromatic carbocycles. The van der Waals surface area contributed by atoms with Gasteiger partial charge < -0.3 is 9.72 Å². The Hall–Kier alpha value is -2.14. The number of Topliss-reactive ketones (excluding diaryl/α,β-unsaturated/α-hetero) is 1. The molecule has 0 amide bonds. The maximum absolute atomic E-state index is 12.6. The fourth-order valence-corrected chi connectivity index (χ4v) is 4.87. The Kier molecular flexibility index (Phi) is 3.07. The Bertz CT molecular complexity index is 811. The van der Waals surface area contributed by atoms with Gasteiger partial charge in [0.25, 0.3) is 0 Å². The summed E-state index contributed by atoms with van der Waals surface area (Å²) in [6.45, 7) is 0.600. The number of ether oxygens (including phenoxy) is 1. The number of esters is 1. The number of piperidine rings is 4. The van der Waals surface area contributed by atoms with Crippen molar-refractivity contribution < 1.29 is 14.3 Å². The summed E-state index contributed by atoms with van der Waals surface area (Å²) in [5.74, 6) is 0.403. The first-order valence-corrected chi connectivity index (χ1v) is 8.74. The van der Waals surface area contributed by atoms with Crippen molar-refractivity contribution in [1.29, 1.82) is 0 Å². The number of aromatic nitrogens is 1. The first-order valence-electron chi connectivity index (χ1n) is 8.74. The smallest absolute Gasteiger partial charge is 0.340 e. The number of rotatable bonds is 2. The molecule has 24 heavy (non-hydrogen) atoms. The van der Waals surface area contributed by atoms with Crippen molar-refractivity contribution in [3.63, 3.8) is 0 Å². The van der Waals surface area contributed by atoms with Crippen LogP contribution in [0.1, 0.15) is 36.0 Å². The lowest BCUT2D eigenvalue weighted by molar-refractivity contribution is -0.145. The zero-order chi connectivity index (χ0) is 16.3. The van der Waals surface area contributed by atoms with Crippen LogP contribution in [0.2, 0.25) is 0 Å². The van der Waals surface area contributed by atoms with Crippen LogP contribution in [0.5, 0.6) is 0 Å². The van der Waals surface area contributed by atoms with Gasteiger partial charge in [-0.05, 0) is 18.9 Å². The number of aromatic amines is 1. The summed E-state index contributed by atoms with van der Waals surface area (Å²) >= 11 is 0. The lowest BCUT2D eigenvalue weighted by Gasteiger charge is -2.54. The minimum absolute atomic E-state index is 0.0356. The molecule has 1 N–H and O–H groups in total. The highest BCUT2D eigenvalue weighted by atomic mass is 16.5. The first-order chi connectivity index (χ1) is 11.7. The highest BCUT2D eigenvalue weighted by molar-refractivity contribution is 6.04. The second-order valence-corrected chi connectivity index (χ2v) is 7.36. The van der Waals surface area contributed by atoms with Crippen LogP contribution in [-0.4, -0.2) is 46.4 Å². The van der Waals surface area contributed by atoms with Crippen molar-refractivity contribution in [1.82, 2.24) is 9.88 Å². The summed E-state index contributed by atoms with van der Waals surface area (Å²) < 4.78 is 5.84. The minimum atomic E-state index is -0.242. The van der Waals surface area contributed by atoms with Crippen LogP contribution in [0, 0.1) is 5.92 Å². The maximum atomic E-state index is 12.6. The monoisotopic (exact) mass is 324 g/mol. The van der Waals surface area contributed by atoms with E-state index in [1.165, 1.54) is 0 Å². The van der Waals surface area contributed by atoms with E-state index in [0.29, 0.717) is 30.0 Å². The molecule has 2 aromatic rings. The molecule has 4 aliphatic heterocycles. The number of para-hydroxylation sites is 1. The molecule has 0 radical (unpaired) electrons. The van der Waals surface area contributed by atoms with Crippen molar-refractivity contribution in [3.05, 3.63) is 36.0 Å². The normalized spacial score (nSPS) is 34.5. The fourth-order valence-electron chi connectivity index (χ4n) is 4.87. The lowest BCUT2D eigenvalue weighted by atomic mass is 9.72. The molecule has 4 bridgehead atoms. The lowest BCUT2D eigenvalue weighted by Crippen LogP contribution is -2.63. The molecular weight excluding hydrogens is 304 g/mol. The van der Waals surface area contributed by atoms with Gasteiger partial charge in [-0.2, -0.15) is 0 Å². The molecule has 124 valence electrons. The number of nitrogens with zero attached hydrogens (tertiary/aromatic N) is 1. The number of H-pyrrole nitrogens is 1. The van der Waals surface area contributed by atoms with E-state index < -0.39 is 0 Å². The molecule has 5 nitrogen and oxygen atoms in total. The molecule has 4 aliphatic rings. The van der Waals surface area contributed by atoms with Gasteiger partial charge >= 0.3 is 5.97 Å². The number of benzene rings is 1. The summed E-state index contributed by atoms with van der Waals surface area (Å²) in [6, 6.07) is 8.58. The fraction of sp³-hybridized carbons (Fsp3) is 0.474. The number of fused-ring (bicyclic) bond motifs is 2. The summed E-state index contributed by atoms with van der Waals surface area (Å²) in [4.78, 5) is 30.0. The van der Waals surface area contributed by atoms with Crippen molar-refractivity contribution >= 4 is 22.7 Å². The van der Waals surface area contributed by atoms with E-state index in [9.17, 15) is 9.59 Å². The molecule has 6 rings (SSSR count). The van der Waals surface area contributed by atoms with Gasteiger partial charge in [0.1, 0.15) is 11.9 Å². The number of ketones is 1. The van der Waals surface area contributed by atoms with Crippen LogP contribution in [0.15, 0.2) is 30.5 Å². The summed E-state index contributed by atoms with van der Waals surface area (Å²) in [5, 5.41) is 0.909. The predicted molar refractivity (Wildman–Crippen MR) is 88.7 cm³/mol. The van der Waals surface area contributed by atoms with E-state index in [4.69, 9.17) is 4.74 Å². The van der Waals surface area contributed by atoms with Gasteiger partial charge in [-0.25, -0.2) is 4.79 Å². The Morgan fingerprint density at radius 2 is 1.88 bits per heavy atom. The van der Waals surface area contributed by atoms with Crippen LogP contribution in [0.4, 0.5) is 0 Å². The molecule has 5 atom stereocenters. The van der Waals surface area contributed by atoms with E-state index in [1.54, 1.807) is 6.20 Å². The third-order valence-electron chi connectivity index (χ3n) is 6.00. The number of nitrogens with one attached hydrogen (secondary N) is 1. The van der Waals surface area contributed by atoms with Gasteiger partial charge in [0.2, 0.25) is 0 Å². The molecule has 4 saturated heterocycles. The van der Waals surface area contributed by atoms with Crippen LogP contribution in [0.3, 0.4) is 0 Å². The molecule has 5 heteroatoms. The third-order valence-corrected chi connectivity index (χ3v) is 6.00. The second kappa shape index (κ2) is 5.18. The molecule has 4 fully saturated rings. The highest BCUT2D eigenvalue weighted by Crippen LogP contribution is 2.42. The van der Waals surface area contributed by atoms with E-state index in [0.717, 1.165) is 36.6 Å². The molecule has 0 aliphatic carbocycles. The van der Waals surface area contributed by atoms with Gasteiger partial charge in [-0.3, -0.25) is 9.69 Å². The van der Waals surface area contributed by atoms with Crippen LogP contribution >= 0.6 is 0 Å². The van der Waals surface area contributed by atoms with Gasteiger partial charge in [-0.15, -0.1) is 0 Å². The molecule has 1 aromatic heterocycles. The van der Waals surface area contributed by atoms with Crippen molar-refractivity contribution in [3.8, 4) is 0 Å². The minimum Gasteiger partial charge on any atom is -0.459 e. The molecule has 5 heterocycles. The number of hydrogen-bond donors (Lipinski definition) is 1. The van der Waals surface area contributed by atoms with Crippen molar-refractivity contribution in [2.75, 3.05) is 6.54 Å². The zero-order valence-electron chi connectivity index (χ0n) is 13.4. The number of hydrogen-bond acceptors (Lipinski definition) is 4. The topological polar surface area (TPSA) is 62.4 Å². The van der Waals surface area contributed by atoms with E-state index >= 15 is 0 Å². The van der Waals surface area contributed by atoms with E-state index in [-0.39, 0.29) is 18.0 Å². The Morgan fingerprint density at radius 1 is 1.12 bits per heavy atom. The average Bonchev–Trinajstić information content (AvgIpc) is 2.99. The van der Waals surface area contributed by atoms with Crippen molar-refractivity contribution in [2.45, 2.75) is 43.9 Å². The Balaban J connectivity index is 1.33. The third kappa shape index (κ3) is 2.11. The SMILES string of the molecule is O=C(OC1CC2C[C@@H]3C[C@H](C1)N2CC3=O)c1c[nH]c2ccccc12. The van der Waals surface area contributed by atoms with Crippen molar-refractivity contribution in [2.24, 2.45) is 5.92 Å². The molecular formula is C19H20N2O3. The molecule has 3 unspecified atom stereocenters. The number of carbonyl (C=O) groups excluding carboxylic acids is 2. The van der Waals surface area contributed by atoms with Gasteiger partial charge in [0, 0.05) is 47.9 Å². The van der Waals surface area contributed by atoms with E-state index in [1.807, 2.05) is 24.3 Å². The largest absolute Gasteiger partial charge is 0.459 e. The molecule has 0 spiro atoms. The van der Waals surface area contributed by atoms with Crippen LogP contribution in [-0.2, 0) is 9.53 Å².